The second-order valence-corrected chi connectivity index (χ2v) is 5.40. The van der Waals surface area contributed by atoms with E-state index in [1.807, 2.05) is 25.1 Å². The molecule has 0 saturated heterocycles. The summed E-state index contributed by atoms with van der Waals surface area (Å²) in [6.45, 7) is 4.94. The first kappa shape index (κ1) is 15.2. The van der Waals surface area contributed by atoms with Gasteiger partial charge in [-0.3, -0.25) is 5.32 Å². The van der Waals surface area contributed by atoms with Gasteiger partial charge in [-0.1, -0.05) is 11.2 Å². The maximum atomic E-state index is 12.0. The second kappa shape index (κ2) is 6.60. The van der Waals surface area contributed by atoms with E-state index in [0.29, 0.717) is 30.5 Å². The summed E-state index contributed by atoms with van der Waals surface area (Å²) in [7, 11) is 0. The van der Waals surface area contributed by atoms with Gasteiger partial charge in [0, 0.05) is 12.5 Å². The largest absolute Gasteiger partial charge is 0.490 e. The molecule has 0 fully saturated rings. The van der Waals surface area contributed by atoms with Gasteiger partial charge in [-0.15, -0.1) is 0 Å². The molecule has 122 valence electrons. The number of carbonyl (C=O) groups is 1. The van der Waals surface area contributed by atoms with E-state index in [9.17, 15) is 4.79 Å². The third-order valence-electron chi connectivity index (χ3n) is 3.49. The van der Waals surface area contributed by atoms with E-state index in [-0.39, 0.29) is 12.1 Å². The number of anilines is 1. The Kier molecular flexibility index (Phi) is 4.36. The van der Waals surface area contributed by atoms with Gasteiger partial charge < -0.3 is 19.3 Å². The van der Waals surface area contributed by atoms with Crippen LogP contribution >= 0.6 is 0 Å². The Hall–Kier alpha value is -2.70. The van der Waals surface area contributed by atoms with Gasteiger partial charge in [0.05, 0.1) is 19.3 Å². The first-order valence-electron chi connectivity index (χ1n) is 7.52. The van der Waals surface area contributed by atoms with Crippen molar-refractivity contribution < 1.29 is 18.8 Å². The van der Waals surface area contributed by atoms with Crippen LogP contribution in [0.5, 0.6) is 11.5 Å². The minimum Gasteiger partial charge on any atom is -0.490 e. The monoisotopic (exact) mass is 317 g/mol. The molecular formula is C16H19N3O4. The van der Waals surface area contributed by atoms with Crippen LogP contribution in [-0.2, 0) is 0 Å². The quantitative estimate of drug-likeness (QED) is 0.909. The predicted molar refractivity (Wildman–Crippen MR) is 83.9 cm³/mol. The number of ether oxygens (including phenoxy) is 2. The van der Waals surface area contributed by atoms with E-state index in [1.165, 1.54) is 0 Å². The lowest BCUT2D eigenvalue weighted by Crippen LogP contribution is -2.31. The van der Waals surface area contributed by atoms with Crippen molar-refractivity contribution in [2.24, 2.45) is 0 Å². The summed E-state index contributed by atoms with van der Waals surface area (Å²) in [4.78, 5) is 12.0. The molecule has 2 N–H and O–H groups in total. The number of urea groups is 1. The summed E-state index contributed by atoms with van der Waals surface area (Å²) in [6.07, 6.45) is 0.858. The summed E-state index contributed by atoms with van der Waals surface area (Å²) < 4.78 is 16.2. The highest BCUT2D eigenvalue weighted by Crippen LogP contribution is 2.32. The number of hydrogen-bond donors (Lipinski definition) is 2. The summed E-state index contributed by atoms with van der Waals surface area (Å²) in [5.41, 5.74) is 0.931. The molecular weight excluding hydrogens is 298 g/mol. The molecule has 1 unspecified atom stereocenters. The Balaban J connectivity index is 1.64. The zero-order valence-electron chi connectivity index (χ0n) is 13.1. The third kappa shape index (κ3) is 3.74. The molecule has 1 atom stereocenters. The zero-order chi connectivity index (χ0) is 16.2. The minimum absolute atomic E-state index is 0.194. The van der Waals surface area contributed by atoms with Gasteiger partial charge in [0.15, 0.2) is 17.3 Å². The fourth-order valence-corrected chi connectivity index (χ4v) is 2.31. The van der Waals surface area contributed by atoms with Gasteiger partial charge >= 0.3 is 6.03 Å². The minimum atomic E-state index is -0.349. The van der Waals surface area contributed by atoms with Crippen LogP contribution in [0.3, 0.4) is 0 Å². The molecule has 1 aliphatic rings. The van der Waals surface area contributed by atoms with E-state index < -0.39 is 0 Å². The Morgan fingerprint density at radius 3 is 2.74 bits per heavy atom. The van der Waals surface area contributed by atoms with E-state index in [0.717, 1.165) is 17.7 Å². The van der Waals surface area contributed by atoms with Crippen LogP contribution in [0, 0.1) is 6.92 Å². The second-order valence-electron chi connectivity index (χ2n) is 5.40. The summed E-state index contributed by atoms with van der Waals surface area (Å²) in [6, 6.07) is 6.79. The SMILES string of the molecule is Cc1cc(NC(=O)NC(C)c2ccc3c(c2)OCCCO3)no1. The lowest BCUT2D eigenvalue weighted by atomic mass is 10.1. The summed E-state index contributed by atoms with van der Waals surface area (Å²) >= 11 is 0. The topological polar surface area (TPSA) is 85.6 Å². The first-order valence-corrected chi connectivity index (χ1v) is 7.52. The summed E-state index contributed by atoms with van der Waals surface area (Å²) in [5.74, 6) is 2.46. The molecule has 7 heteroatoms. The molecule has 23 heavy (non-hydrogen) atoms. The van der Waals surface area contributed by atoms with Gasteiger partial charge in [-0.05, 0) is 31.5 Å². The Labute approximate surface area is 133 Å². The molecule has 0 spiro atoms. The molecule has 0 radical (unpaired) electrons. The number of aromatic nitrogens is 1. The van der Waals surface area contributed by atoms with E-state index in [4.69, 9.17) is 14.0 Å². The molecule has 7 nitrogen and oxygen atoms in total. The van der Waals surface area contributed by atoms with Crippen molar-refractivity contribution in [3.8, 4) is 11.5 Å². The van der Waals surface area contributed by atoms with Crippen LogP contribution in [0.4, 0.5) is 10.6 Å². The van der Waals surface area contributed by atoms with Crippen molar-refractivity contribution in [1.29, 1.82) is 0 Å². The van der Waals surface area contributed by atoms with Crippen LogP contribution in [0.1, 0.15) is 30.7 Å². The molecule has 1 aromatic carbocycles. The van der Waals surface area contributed by atoms with Crippen LogP contribution in [-0.4, -0.2) is 24.4 Å². The Bertz CT molecular complexity index is 698. The van der Waals surface area contributed by atoms with Crippen LogP contribution in [0.25, 0.3) is 0 Å². The highest BCUT2D eigenvalue weighted by molar-refractivity contribution is 5.88. The number of nitrogens with zero attached hydrogens (tertiary/aromatic N) is 1. The Morgan fingerprint density at radius 1 is 1.22 bits per heavy atom. The fraction of sp³-hybridized carbons (Fsp3) is 0.375. The van der Waals surface area contributed by atoms with E-state index in [2.05, 4.69) is 15.8 Å². The fourth-order valence-electron chi connectivity index (χ4n) is 2.31. The standard InChI is InChI=1S/C16H19N3O4/c1-10-8-15(19-23-10)18-16(20)17-11(2)12-4-5-13-14(9-12)22-7-3-6-21-13/h4-5,8-9,11H,3,6-7H2,1-2H3,(H2,17,18,19,20). The highest BCUT2D eigenvalue weighted by Gasteiger charge is 2.15. The predicted octanol–water partition coefficient (Wildman–Crippen LogP) is 3.03. The molecule has 0 aliphatic carbocycles. The van der Waals surface area contributed by atoms with Gasteiger partial charge in [-0.2, -0.15) is 0 Å². The van der Waals surface area contributed by atoms with Gasteiger partial charge in [0.1, 0.15) is 5.76 Å². The highest BCUT2D eigenvalue weighted by atomic mass is 16.5. The molecule has 1 aliphatic heterocycles. The lowest BCUT2D eigenvalue weighted by Gasteiger charge is -2.16. The number of carbonyl (C=O) groups excluding carboxylic acids is 1. The number of aryl methyl sites for hydroxylation is 1. The van der Waals surface area contributed by atoms with E-state index >= 15 is 0 Å². The number of amides is 2. The number of fused-ring (bicyclic) bond motifs is 1. The van der Waals surface area contributed by atoms with Crippen molar-refractivity contribution in [2.45, 2.75) is 26.3 Å². The van der Waals surface area contributed by atoms with Gasteiger partial charge in [0.25, 0.3) is 0 Å². The first-order chi connectivity index (χ1) is 11.1. The molecule has 0 bridgehead atoms. The third-order valence-corrected chi connectivity index (χ3v) is 3.49. The number of nitrogens with one attached hydrogen (secondary N) is 2. The van der Waals surface area contributed by atoms with Crippen LogP contribution in [0.15, 0.2) is 28.8 Å². The molecule has 0 saturated carbocycles. The van der Waals surface area contributed by atoms with Gasteiger partial charge in [0.2, 0.25) is 0 Å². The van der Waals surface area contributed by atoms with Crippen molar-refractivity contribution in [3.63, 3.8) is 0 Å². The lowest BCUT2D eigenvalue weighted by molar-refractivity contribution is 0.249. The normalized spacial score (nSPS) is 14.7. The van der Waals surface area contributed by atoms with Crippen LogP contribution < -0.4 is 20.1 Å². The van der Waals surface area contributed by atoms with Crippen LogP contribution in [0.2, 0.25) is 0 Å². The molecule has 1 aromatic heterocycles. The maximum absolute atomic E-state index is 12.0. The number of hydrogen-bond acceptors (Lipinski definition) is 5. The number of rotatable bonds is 3. The molecule has 2 amide bonds. The Morgan fingerprint density at radius 2 is 2.00 bits per heavy atom. The molecule has 2 aromatic rings. The smallest absolute Gasteiger partial charge is 0.320 e. The summed E-state index contributed by atoms with van der Waals surface area (Å²) in [5, 5.41) is 9.19. The van der Waals surface area contributed by atoms with Crippen molar-refractivity contribution in [3.05, 3.63) is 35.6 Å². The molecule has 2 heterocycles. The average Bonchev–Trinajstić information content (AvgIpc) is 2.79. The van der Waals surface area contributed by atoms with E-state index in [1.54, 1.807) is 13.0 Å². The zero-order valence-corrected chi connectivity index (χ0v) is 13.1. The number of benzene rings is 1. The van der Waals surface area contributed by atoms with Crippen molar-refractivity contribution in [1.82, 2.24) is 10.5 Å². The van der Waals surface area contributed by atoms with Crippen molar-refractivity contribution in [2.75, 3.05) is 18.5 Å². The van der Waals surface area contributed by atoms with Crippen molar-refractivity contribution >= 4 is 11.8 Å². The van der Waals surface area contributed by atoms with Gasteiger partial charge in [-0.25, -0.2) is 4.79 Å². The molecule has 3 rings (SSSR count). The average molecular weight is 317 g/mol. The maximum Gasteiger partial charge on any atom is 0.320 e.